The van der Waals surface area contributed by atoms with Crippen LogP contribution >= 0.6 is 23.4 Å². The molecule has 0 saturated carbocycles. The fourth-order valence-corrected chi connectivity index (χ4v) is 3.47. The van der Waals surface area contributed by atoms with E-state index in [0.717, 1.165) is 9.79 Å². The number of hydrogen-bond donors (Lipinski definition) is 2. The summed E-state index contributed by atoms with van der Waals surface area (Å²) in [6.45, 7) is 5.23. The minimum absolute atomic E-state index is 0.184. The third-order valence-corrected chi connectivity index (χ3v) is 4.81. The van der Waals surface area contributed by atoms with Crippen molar-refractivity contribution in [1.29, 1.82) is 0 Å². The van der Waals surface area contributed by atoms with Gasteiger partial charge in [-0.1, -0.05) is 47.6 Å². The number of benzene rings is 2. The van der Waals surface area contributed by atoms with E-state index in [2.05, 4.69) is 5.32 Å². The molecule has 0 heterocycles. The van der Waals surface area contributed by atoms with Crippen molar-refractivity contribution < 1.29 is 14.3 Å². The fourth-order valence-electron chi connectivity index (χ4n) is 2.27. The van der Waals surface area contributed by atoms with Gasteiger partial charge >= 0.3 is 6.09 Å². The molecule has 1 unspecified atom stereocenters. The number of alkyl carbamates (subject to hydrolysis) is 1. The number of rotatable bonds is 6. The molecule has 0 spiro atoms. The van der Waals surface area contributed by atoms with Crippen LogP contribution in [0.15, 0.2) is 58.3 Å². The summed E-state index contributed by atoms with van der Waals surface area (Å²) in [6, 6.07) is 14.6. The Bertz CT molecular complexity index is 807. The molecule has 0 fully saturated rings. The van der Waals surface area contributed by atoms with Gasteiger partial charge < -0.3 is 15.8 Å². The van der Waals surface area contributed by atoms with Gasteiger partial charge in [0.2, 0.25) is 5.91 Å². The van der Waals surface area contributed by atoms with Crippen LogP contribution in [0.25, 0.3) is 0 Å². The Labute approximate surface area is 168 Å². The average Bonchev–Trinajstić information content (AvgIpc) is 2.55. The van der Waals surface area contributed by atoms with Crippen molar-refractivity contribution in [2.45, 2.75) is 48.6 Å². The van der Waals surface area contributed by atoms with Gasteiger partial charge in [0, 0.05) is 21.2 Å². The average molecular weight is 407 g/mol. The third kappa shape index (κ3) is 7.15. The van der Waals surface area contributed by atoms with Crippen LogP contribution in [0.2, 0.25) is 5.02 Å². The number of amides is 2. The molecule has 5 nitrogen and oxygen atoms in total. The summed E-state index contributed by atoms with van der Waals surface area (Å²) < 4.78 is 5.18. The zero-order valence-corrected chi connectivity index (χ0v) is 17.1. The van der Waals surface area contributed by atoms with Gasteiger partial charge in [-0.05, 0) is 50.6 Å². The lowest BCUT2D eigenvalue weighted by atomic mass is 10.1. The molecule has 0 aromatic heterocycles. The van der Waals surface area contributed by atoms with Gasteiger partial charge in [-0.3, -0.25) is 4.79 Å². The number of nitrogens with one attached hydrogen (secondary N) is 1. The number of halogens is 1. The molecular weight excluding hydrogens is 384 g/mol. The summed E-state index contributed by atoms with van der Waals surface area (Å²) in [6.07, 6.45) is -0.511. The number of primary amides is 1. The predicted molar refractivity (Wildman–Crippen MR) is 108 cm³/mol. The molecule has 0 aliphatic carbocycles. The second kappa shape index (κ2) is 9.15. The van der Waals surface area contributed by atoms with E-state index in [9.17, 15) is 9.59 Å². The van der Waals surface area contributed by atoms with Crippen molar-refractivity contribution in [2.24, 2.45) is 5.73 Å². The van der Waals surface area contributed by atoms with Gasteiger partial charge in [-0.2, -0.15) is 0 Å². The van der Waals surface area contributed by atoms with Gasteiger partial charge in [0.1, 0.15) is 11.6 Å². The first-order valence-electron chi connectivity index (χ1n) is 8.44. The van der Waals surface area contributed by atoms with Crippen LogP contribution in [0.1, 0.15) is 26.3 Å². The first-order chi connectivity index (χ1) is 12.6. The molecule has 3 N–H and O–H groups in total. The van der Waals surface area contributed by atoms with Crippen LogP contribution in [-0.2, 0) is 16.0 Å². The Morgan fingerprint density at radius 1 is 1.15 bits per heavy atom. The largest absolute Gasteiger partial charge is 0.444 e. The minimum Gasteiger partial charge on any atom is -0.444 e. The highest BCUT2D eigenvalue weighted by Crippen LogP contribution is 2.31. The Hall–Kier alpha value is -2.18. The monoisotopic (exact) mass is 406 g/mol. The molecule has 2 rings (SSSR count). The Kier molecular flexibility index (Phi) is 7.16. The number of carbonyl (C=O) groups excluding carboxylic acids is 2. The van der Waals surface area contributed by atoms with Gasteiger partial charge in [0.25, 0.3) is 0 Å². The maximum absolute atomic E-state index is 11.9. The molecule has 0 aliphatic rings. The molecular formula is C20H23ClN2O3S. The molecule has 0 bridgehead atoms. The Morgan fingerprint density at radius 2 is 1.81 bits per heavy atom. The zero-order chi connectivity index (χ0) is 20.0. The van der Waals surface area contributed by atoms with Crippen LogP contribution in [0.5, 0.6) is 0 Å². The lowest BCUT2D eigenvalue weighted by Gasteiger charge is -2.22. The minimum atomic E-state index is -0.912. The number of nitrogens with two attached hydrogens (primary N) is 1. The summed E-state index contributed by atoms with van der Waals surface area (Å²) in [7, 11) is 0. The number of ether oxygens (including phenoxy) is 1. The van der Waals surface area contributed by atoms with E-state index in [4.69, 9.17) is 22.1 Å². The first kappa shape index (κ1) is 21.1. The smallest absolute Gasteiger partial charge is 0.408 e. The van der Waals surface area contributed by atoms with E-state index >= 15 is 0 Å². The highest BCUT2D eigenvalue weighted by molar-refractivity contribution is 7.99. The summed E-state index contributed by atoms with van der Waals surface area (Å²) in [5.74, 6) is -0.653. The van der Waals surface area contributed by atoms with E-state index in [1.54, 1.807) is 32.5 Å². The standard InChI is InChI=1S/C20H23ClN2O3S/c1-20(2,3)26-19(25)23-17(18(22)24)11-13-9-10-15(12-16(13)21)27-14-7-5-4-6-8-14/h4-10,12,17H,11H2,1-3H3,(H2,22,24)(H,23,25). The van der Waals surface area contributed by atoms with Gasteiger partial charge in [-0.15, -0.1) is 0 Å². The van der Waals surface area contributed by atoms with Crippen LogP contribution in [-0.4, -0.2) is 23.6 Å². The predicted octanol–water partition coefficient (Wildman–Crippen LogP) is 4.41. The summed E-state index contributed by atoms with van der Waals surface area (Å²) >= 11 is 7.96. The van der Waals surface area contributed by atoms with Gasteiger partial charge in [-0.25, -0.2) is 4.79 Å². The lowest BCUT2D eigenvalue weighted by Crippen LogP contribution is -2.47. The molecule has 0 saturated heterocycles. The molecule has 1 atom stereocenters. The quantitative estimate of drug-likeness (QED) is 0.744. The van der Waals surface area contributed by atoms with Crippen LogP contribution in [0.3, 0.4) is 0 Å². The zero-order valence-electron chi connectivity index (χ0n) is 15.5. The number of hydrogen-bond acceptors (Lipinski definition) is 4. The maximum atomic E-state index is 11.9. The van der Waals surface area contributed by atoms with Gasteiger partial charge in [0.05, 0.1) is 0 Å². The lowest BCUT2D eigenvalue weighted by molar-refractivity contribution is -0.120. The van der Waals surface area contributed by atoms with Gasteiger partial charge in [0.15, 0.2) is 0 Å². The highest BCUT2D eigenvalue weighted by Gasteiger charge is 2.23. The molecule has 2 amide bonds. The van der Waals surface area contributed by atoms with Crippen molar-refractivity contribution in [1.82, 2.24) is 5.32 Å². The fraction of sp³-hybridized carbons (Fsp3) is 0.300. The molecule has 0 aliphatic heterocycles. The van der Waals surface area contributed by atoms with Crippen molar-refractivity contribution in [3.05, 3.63) is 59.1 Å². The Morgan fingerprint density at radius 3 is 2.37 bits per heavy atom. The second-order valence-electron chi connectivity index (χ2n) is 6.97. The summed E-state index contributed by atoms with van der Waals surface area (Å²) in [5, 5.41) is 3.01. The SMILES string of the molecule is CC(C)(C)OC(=O)NC(Cc1ccc(Sc2ccccc2)cc1Cl)C(N)=O. The normalized spacial score (nSPS) is 12.3. The first-order valence-corrected chi connectivity index (χ1v) is 9.63. The molecule has 2 aromatic rings. The third-order valence-electron chi connectivity index (χ3n) is 3.46. The van der Waals surface area contributed by atoms with E-state index in [0.29, 0.717) is 10.6 Å². The van der Waals surface area contributed by atoms with Crippen molar-refractivity contribution in [3.8, 4) is 0 Å². The van der Waals surface area contributed by atoms with E-state index in [-0.39, 0.29) is 6.42 Å². The summed E-state index contributed by atoms with van der Waals surface area (Å²) in [4.78, 5) is 25.7. The van der Waals surface area contributed by atoms with Crippen LogP contribution in [0, 0.1) is 0 Å². The van der Waals surface area contributed by atoms with Crippen molar-refractivity contribution in [3.63, 3.8) is 0 Å². The molecule has 0 radical (unpaired) electrons. The van der Waals surface area contributed by atoms with Crippen LogP contribution in [0.4, 0.5) is 4.79 Å². The van der Waals surface area contributed by atoms with Crippen molar-refractivity contribution in [2.75, 3.05) is 0 Å². The number of carbonyl (C=O) groups is 2. The van der Waals surface area contributed by atoms with Crippen LogP contribution < -0.4 is 11.1 Å². The Balaban J connectivity index is 2.07. The topological polar surface area (TPSA) is 81.4 Å². The summed E-state index contributed by atoms with van der Waals surface area (Å²) in [5.41, 5.74) is 5.47. The van der Waals surface area contributed by atoms with Crippen molar-refractivity contribution >= 4 is 35.4 Å². The van der Waals surface area contributed by atoms with E-state index < -0.39 is 23.6 Å². The molecule has 2 aromatic carbocycles. The molecule has 7 heteroatoms. The van der Waals surface area contributed by atoms with E-state index in [1.165, 1.54) is 0 Å². The maximum Gasteiger partial charge on any atom is 0.408 e. The molecule has 144 valence electrons. The van der Waals surface area contributed by atoms with E-state index in [1.807, 2.05) is 48.5 Å². The molecule has 27 heavy (non-hydrogen) atoms. The highest BCUT2D eigenvalue weighted by atomic mass is 35.5. The second-order valence-corrected chi connectivity index (χ2v) is 8.53.